The summed E-state index contributed by atoms with van der Waals surface area (Å²) in [5.74, 6) is 6.48. The van der Waals surface area contributed by atoms with Crippen molar-refractivity contribution < 1.29 is 8.42 Å². The van der Waals surface area contributed by atoms with E-state index < -0.39 is 10.0 Å². The molecule has 2 heterocycles. The third-order valence-electron chi connectivity index (χ3n) is 3.01. The van der Waals surface area contributed by atoms with E-state index in [1.807, 2.05) is 20.8 Å². The average Bonchev–Trinajstić information content (AvgIpc) is 2.66. The second-order valence-electron chi connectivity index (χ2n) is 4.55. The molecule has 0 bridgehead atoms. The maximum Gasteiger partial charge on any atom is 0.295 e. The summed E-state index contributed by atoms with van der Waals surface area (Å²) < 4.78 is 28.4. The first-order valence-electron chi connectivity index (χ1n) is 5.43. The second-order valence-corrected chi connectivity index (χ2v) is 8.03. The van der Waals surface area contributed by atoms with E-state index in [2.05, 4.69) is 4.40 Å². The zero-order valence-corrected chi connectivity index (χ0v) is 12.6. The molecule has 0 radical (unpaired) electrons. The van der Waals surface area contributed by atoms with Crippen molar-refractivity contribution in [3.63, 3.8) is 0 Å². The molecule has 0 amide bonds. The van der Waals surface area contributed by atoms with Gasteiger partial charge in [-0.25, -0.2) is 5.84 Å². The predicted octanol–water partition coefficient (Wildman–Crippen LogP) is 2.47. The number of nitrogens with zero attached hydrogens (tertiary/aromatic N) is 2. The number of hydrogen-bond acceptors (Lipinski definition) is 5. The molecule has 2 N–H and O–H groups in total. The molecule has 100 valence electrons. The van der Waals surface area contributed by atoms with Crippen molar-refractivity contribution in [1.29, 1.82) is 0 Å². The van der Waals surface area contributed by atoms with Crippen molar-refractivity contribution in [1.82, 2.24) is 0 Å². The van der Waals surface area contributed by atoms with Crippen molar-refractivity contribution in [3.8, 4) is 0 Å². The van der Waals surface area contributed by atoms with Crippen LogP contribution in [0.4, 0.5) is 5.69 Å². The van der Waals surface area contributed by atoms with E-state index in [9.17, 15) is 8.42 Å². The molecule has 1 atom stereocenters. The van der Waals surface area contributed by atoms with Crippen LogP contribution < -0.4 is 10.9 Å². The minimum Gasteiger partial charge on any atom is -0.263 e. The van der Waals surface area contributed by atoms with Crippen molar-refractivity contribution in [2.24, 2.45) is 22.1 Å². The normalized spacial score (nSPS) is 19.7. The summed E-state index contributed by atoms with van der Waals surface area (Å²) in [7, 11) is -3.68. The zero-order valence-electron chi connectivity index (χ0n) is 10.2. The van der Waals surface area contributed by atoms with E-state index in [0.717, 1.165) is 11.3 Å². The third kappa shape index (κ3) is 2.16. The molecule has 0 unspecified atom stereocenters. The smallest absolute Gasteiger partial charge is 0.263 e. The predicted molar refractivity (Wildman–Crippen MR) is 74.6 cm³/mol. The molecule has 1 aromatic rings. The highest BCUT2D eigenvalue weighted by molar-refractivity contribution is 7.92. The molecule has 0 saturated carbocycles. The van der Waals surface area contributed by atoms with E-state index in [1.165, 1.54) is 5.01 Å². The molecule has 1 aliphatic rings. The summed E-state index contributed by atoms with van der Waals surface area (Å²) >= 11 is 6.83. The first-order chi connectivity index (χ1) is 8.24. The number of hydrogen-bond donors (Lipinski definition) is 1. The van der Waals surface area contributed by atoms with Gasteiger partial charge in [-0.1, -0.05) is 32.4 Å². The second kappa shape index (κ2) is 4.48. The molecule has 0 aliphatic carbocycles. The number of amidine groups is 1. The summed E-state index contributed by atoms with van der Waals surface area (Å²) in [6.07, 6.45) is 0. The maximum absolute atomic E-state index is 12.1. The lowest BCUT2D eigenvalue weighted by atomic mass is 9.96. The van der Waals surface area contributed by atoms with Gasteiger partial charge in [-0.3, -0.25) is 5.01 Å². The molecule has 5 nitrogen and oxygen atoms in total. The number of fused-ring (bicyclic) bond motifs is 1. The van der Waals surface area contributed by atoms with E-state index in [4.69, 9.17) is 17.4 Å². The van der Waals surface area contributed by atoms with Gasteiger partial charge in [0.05, 0.1) is 10.0 Å². The van der Waals surface area contributed by atoms with Crippen LogP contribution in [0, 0.1) is 11.8 Å². The van der Waals surface area contributed by atoms with Gasteiger partial charge >= 0.3 is 0 Å². The van der Waals surface area contributed by atoms with Gasteiger partial charge in [-0.15, -0.1) is 15.7 Å². The molecule has 1 aliphatic heterocycles. The van der Waals surface area contributed by atoms with Crippen LogP contribution in [-0.2, 0) is 10.0 Å². The van der Waals surface area contributed by atoms with E-state index >= 15 is 0 Å². The maximum atomic E-state index is 12.1. The molecule has 18 heavy (non-hydrogen) atoms. The standard InChI is InChI=1S/C10H14ClN3O2S2/c1-5(2)6(3)9-13-18(15,16)10-7(14(9)12)4-8(11)17-10/h4-6H,12H2,1-3H3/t6-/m0/s1. The Labute approximate surface area is 115 Å². The van der Waals surface area contributed by atoms with Crippen LogP contribution in [0.5, 0.6) is 0 Å². The molecule has 2 rings (SSSR count). The van der Waals surface area contributed by atoms with Gasteiger partial charge < -0.3 is 0 Å². The lowest BCUT2D eigenvalue weighted by molar-refractivity contribution is 0.524. The van der Waals surface area contributed by atoms with Gasteiger partial charge in [0.2, 0.25) is 0 Å². The molecule has 0 spiro atoms. The Morgan fingerprint density at radius 3 is 2.61 bits per heavy atom. The molecular formula is C10H14ClN3O2S2. The number of halogens is 1. The van der Waals surface area contributed by atoms with Crippen molar-refractivity contribution in [3.05, 3.63) is 10.4 Å². The summed E-state index contributed by atoms with van der Waals surface area (Å²) in [5.41, 5.74) is 0.405. The van der Waals surface area contributed by atoms with Crippen molar-refractivity contribution in [2.75, 3.05) is 5.01 Å². The Hall–Kier alpha value is -0.630. The van der Waals surface area contributed by atoms with E-state index in [0.29, 0.717) is 15.9 Å². The van der Waals surface area contributed by atoms with Gasteiger partial charge in [-0.05, 0) is 12.0 Å². The largest absolute Gasteiger partial charge is 0.295 e. The van der Waals surface area contributed by atoms with Gasteiger partial charge in [0.1, 0.15) is 5.84 Å². The molecule has 8 heteroatoms. The Morgan fingerprint density at radius 2 is 2.06 bits per heavy atom. The molecule has 0 fully saturated rings. The highest BCUT2D eigenvalue weighted by Gasteiger charge is 2.34. The minimum atomic E-state index is -3.68. The first kappa shape index (κ1) is 13.8. The van der Waals surface area contributed by atoms with Gasteiger partial charge in [0.25, 0.3) is 10.0 Å². The highest BCUT2D eigenvalue weighted by atomic mass is 35.5. The van der Waals surface area contributed by atoms with Gasteiger partial charge in [0.15, 0.2) is 4.21 Å². The summed E-state index contributed by atoms with van der Waals surface area (Å²) in [5, 5.41) is 1.32. The van der Waals surface area contributed by atoms with Crippen molar-refractivity contribution in [2.45, 2.75) is 25.0 Å². The Kier molecular flexibility index (Phi) is 3.44. The summed E-state index contributed by atoms with van der Waals surface area (Å²) in [4.78, 5) is 0. The Morgan fingerprint density at radius 1 is 1.44 bits per heavy atom. The number of rotatable bonds is 2. The number of hydrazine groups is 1. The lowest BCUT2D eigenvalue weighted by Crippen LogP contribution is -2.45. The highest BCUT2D eigenvalue weighted by Crippen LogP contribution is 2.40. The van der Waals surface area contributed by atoms with Crippen LogP contribution in [0.15, 0.2) is 14.7 Å². The zero-order chi connectivity index (χ0) is 13.7. The molecular weight excluding hydrogens is 294 g/mol. The van der Waals surface area contributed by atoms with Crippen LogP contribution in [0.3, 0.4) is 0 Å². The van der Waals surface area contributed by atoms with Crippen LogP contribution in [-0.4, -0.2) is 14.3 Å². The Balaban J connectivity index is 2.58. The van der Waals surface area contributed by atoms with Gasteiger partial charge in [-0.2, -0.15) is 8.42 Å². The lowest BCUT2D eigenvalue weighted by Gasteiger charge is -2.29. The number of nitrogens with two attached hydrogens (primary N) is 1. The first-order valence-corrected chi connectivity index (χ1v) is 8.06. The quantitative estimate of drug-likeness (QED) is 0.852. The van der Waals surface area contributed by atoms with Crippen LogP contribution >= 0.6 is 22.9 Å². The average molecular weight is 308 g/mol. The number of anilines is 1. The molecule has 0 saturated heterocycles. The summed E-state index contributed by atoms with van der Waals surface area (Å²) in [6, 6.07) is 1.56. The van der Waals surface area contributed by atoms with Crippen LogP contribution in [0.25, 0.3) is 0 Å². The van der Waals surface area contributed by atoms with Crippen LogP contribution in [0.1, 0.15) is 20.8 Å². The SMILES string of the molecule is CC(C)[C@H](C)C1=NS(=O)(=O)c2sc(Cl)cc2N1N. The third-order valence-corrected chi connectivity index (χ3v) is 6.05. The monoisotopic (exact) mass is 307 g/mol. The molecule has 0 aromatic carbocycles. The molecule has 1 aromatic heterocycles. The topological polar surface area (TPSA) is 75.8 Å². The fourth-order valence-electron chi connectivity index (χ4n) is 1.62. The summed E-state index contributed by atoms with van der Waals surface area (Å²) in [6.45, 7) is 5.88. The van der Waals surface area contributed by atoms with E-state index in [-0.39, 0.29) is 16.0 Å². The minimum absolute atomic E-state index is 0.0587. The van der Waals surface area contributed by atoms with Gasteiger partial charge in [0, 0.05) is 5.92 Å². The van der Waals surface area contributed by atoms with E-state index in [1.54, 1.807) is 6.07 Å². The fourth-order valence-corrected chi connectivity index (χ4v) is 4.51. The number of thiophene rings is 1. The van der Waals surface area contributed by atoms with Crippen LogP contribution in [0.2, 0.25) is 4.34 Å². The van der Waals surface area contributed by atoms with Crippen molar-refractivity contribution >= 4 is 44.5 Å². The Bertz CT molecular complexity index is 607. The number of sulfonamides is 1. The fraction of sp³-hybridized carbons (Fsp3) is 0.500.